The van der Waals surface area contributed by atoms with Crippen LogP contribution in [0.15, 0.2) is 12.4 Å². The second kappa shape index (κ2) is 6.60. The van der Waals surface area contributed by atoms with Gasteiger partial charge in [0.15, 0.2) is 11.5 Å². The van der Waals surface area contributed by atoms with E-state index in [1.54, 1.807) is 47.6 Å². The fraction of sp³-hybridized carbons (Fsp3) is 0.533. The molecule has 1 rings (SSSR count). The minimum atomic E-state index is -0.939. The van der Waals surface area contributed by atoms with E-state index in [0.717, 1.165) is 12.4 Å². The van der Waals surface area contributed by atoms with Crippen molar-refractivity contribution in [3.8, 4) is 6.07 Å². The number of hydrogen-bond donors (Lipinski definition) is 0. The third-order valence-electron chi connectivity index (χ3n) is 2.13. The number of rotatable bonds is 1. The van der Waals surface area contributed by atoms with Crippen LogP contribution in [-0.4, -0.2) is 33.4 Å². The van der Waals surface area contributed by atoms with Gasteiger partial charge in [-0.25, -0.2) is 19.6 Å². The number of nitriles is 1. The number of amides is 2. The number of nitrogens with zero attached hydrogens (tertiary/aromatic N) is 4. The van der Waals surface area contributed by atoms with E-state index in [4.69, 9.17) is 14.7 Å². The quantitative estimate of drug-likeness (QED) is 0.783. The van der Waals surface area contributed by atoms with Gasteiger partial charge in [0, 0.05) is 0 Å². The van der Waals surface area contributed by atoms with Crippen molar-refractivity contribution in [1.82, 2.24) is 9.97 Å². The molecule has 1 aromatic heterocycles. The third kappa shape index (κ3) is 5.90. The Morgan fingerprint density at radius 1 is 1.00 bits per heavy atom. The molecule has 0 unspecified atom stereocenters. The van der Waals surface area contributed by atoms with E-state index in [1.165, 1.54) is 0 Å². The summed E-state index contributed by atoms with van der Waals surface area (Å²) in [6.07, 6.45) is 0.403. The normalized spacial score (nSPS) is 11.3. The Morgan fingerprint density at radius 3 is 1.78 bits per heavy atom. The second-order valence-electron chi connectivity index (χ2n) is 6.67. The van der Waals surface area contributed by atoms with Crippen molar-refractivity contribution < 1.29 is 19.1 Å². The number of carbonyl (C=O) groups excluding carboxylic acids is 2. The molecular formula is C15H20N4O4. The van der Waals surface area contributed by atoms with E-state index in [9.17, 15) is 9.59 Å². The first kappa shape index (κ1) is 18.4. The van der Waals surface area contributed by atoms with Crippen molar-refractivity contribution in [3.63, 3.8) is 0 Å². The number of aromatic nitrogens is 2. The fourth-order valence-electron chi connectivity index (χ4n) is 1.37. The van der Waals surface area contributed by atoms with Crippen LogP contribution in [0.4, 0.5) is 15.4 Å². The van der Waals surface area contributed by atoms with Crippen LogP contribution >= 0.6 is 0 Å². The standard InChI is InChI=1S/C15H20N4O4/c1-14(2,3)22-12(20)19(13(21)23-15(4,5)6)11-9-17-10(7-16)8-18-11/h8-9H,1-6H3. The van der Waals surface area contributed by atoms with Crippen LogP contribution in [0.5, 0.6) is 0 Å². The van der Waals surface area contributed by atoms with Gasteiger partial charge in [-0.05, 0) is 41.5 Å². The topological polar surface area (TPSA) is 105 Å². The zero-order valence-electron chi connectivity index (χ0n) is 14.1. The van der Waals surface area contributed by atoms with Gasteiger partial charge in [0.25, 0.3) is 0 Å². The van der Waals surface area contributed by atoms with Gasteiger partial charge in [-0.2, -0.15) is 10.2 Å². The van der Waals surface area contributed by atoms with Gasteiger partial charge < -0.3 is 9.47 Å². The molecule has 0 bridgehead atoms. The Morgan fingerprint density at radius 2 is 1.48 bits per heavy atom. The van der Waals surface area contributed by atoms with E-state index in [-0.39, 0.29) is 11.5 Å². The minimum Gasteiger partial charge on any atom is -0.443 e. The number of carbonyl (C=O) groups is 2. The average Bonchev–Trinajstić information content (AvgIpc) is 2.35. The average molecular weight is 320 g/mol. The van der Waals surface area contributed by atoms with Crippen molar-refractivity contribution in [1.29, 1.82) is 5.26 Å². The highest BCUT2D eigenvalue weighted by atomic mass is 16.6. The van der Waals surface area contributed by atoms with Gasteiger partial charge >= 0.3 is 12.2 Å². The summed E-state index contributed by atoms with van der Waals surface area (Å²) in [4.78, 5) is 33.0. The Bertz CT molecular complexity index is 593. The molecule has 0 aliphatic heterocycles. The highest BCUT2D eigenvalue weighted by Crippen LogP contribution is 2.19. The largest absolute Gasteiger partial charge is 0.443 e. The van der Waals surface area contributed by atoms with Gasteiger partial charge in [0.2, 0.25) is 0 Å². The van der Waals surface area contributed by atoms with Gasteiger partial charge in [0.1, 0.15) is 17.3 Å². The summed E-state index contributed by atoms with van der Waals surface area (Å²) in [7, 11) is 0. The Balaban J connectivity index is 3.17. The maximum Gasteiger partial charge on any atom is 0.425 e. The van der Waals surface area contributed by atoms with Crippen molar-refractivity contribution >= 4 is 18.0 Å². The molecule has 0 N–H and O–H groups in total. The molecule has 0 saturated heterocycles. The minimum absolute atomic E-state index is 0.0575. The molecule has 0 aromatic carbocycles. The van der Waals surface area contributed by atoms with Crippen LogP contribution in [0.25, 0.3) is 0 Å². The maximum atomic E-state index is 12.3. The zero-order valence-corrected chi connectivity index (χ0v) is 14.1. The van der Waals surface area contributed by atoms with Gasteiger partial charge in [0.05, 0.1) is 12.4 Å². The summed E-state index contributed by atoms with van der Waals surface area (Å²) >= 11 is 0. The zero-order chi connectivity index (χ0) is 17.8. The van der Waals surface area contributed by atoms with Crippen LogP contribution in [-0.2, 0) is 9.47 Å². The van der Waals surface area contributed by atoms with Crippen molar-refractivity contribution in [2.24, 2.45) is 0 Å². The highest BCUT2D eigenvalue weighted by molar-refractivity contribution is 6.08. The Labute approximate surface area is 135 Å². The number of ether oxygens (including phenoxy) is 2. The van der Waals surface area contributed by atoms with E-state index in [1.807, 2.05) is 0 Å². The molecule has 0 saturated carbocycles. The van der Waals surface area contributed by atoms with Crippen molar-refractivity contribution in [2.75, 3.05) is 4.90 Å². The second-order valence-corrected chi connectivity index (χ2v) is 6.67. The third-order valence-corrected chi connectivity index (χ3v) is 2.13. The molecule has 8 heteroatoms. The van der Waals surface area contributed by atoms with E-state index in [2.05, 4.69) is 9.97 Å². The van der Waals surface area contributed by atoms with Crippen LogP contribution < -0.4 is 4.90 Å². The van der Waals surface area contributed by atoms with E-state index < -0.39 is 23.4 Å². The summed E-state index contributed by atoms with van der Waals surface area (Å²) < 4.78 is 10.4. The molecule has 0 fully saturated rings. The SMILES string of the molecule is CC(C)(C)OC(=O)N(C(=O)OC(C)(C)C)c1cnc(C#N)cn1. The van der Waals surface area contributed by atoms with Gasteiger partial charge in [-0.15, -0.1) is 0 Å². The molecule has 0 spiro atoms. The molecule has 124 valence electrons. The smallest absolute Gasteiger partial charge is 0.425 e. The first-order valence-electron chi connectivity index (χ1n) is 6.91. The lowest BCUT2D eigenvalue weighted by atomic mass is 10.2. The number of imide groups is 1. The molecule has 1 heterocycles. The lowest BCUT2D eigenvalue weighted by Crippen LogP contribution is -2.44. The van der Waals surface area contributed by atoms with Gasteiger partial charge in [-0.3, -0.25) is 0 Å². The predicted molar refractivity (Wildman–Crippen MR) is 81.7 cm³/mol. The Kier molecular flexibility index (Phi) is 5.27. The molecular weight excluding hydrogens is 300 g/mol. The first-order chi connectivity index (χ1) is 10.4. The van der Waals surface area contributed by atoms with Crippen LogP contribution in [0, 0.1) is 11.3 Å². The number of anilines is 1. The molecule has 23 heavy (non-hydrogen) atoms. The molecule has 0 aliphatic rings. The number of hydrogen-bond acceptors (Lipinski definition) is 7. The summed E-state index contributed by atoms with van der Waals surface area (Å²) in [6, 6.07) is 1.80. The van der Waals surface area contributed by atoms with Gasteiger partial charge in [-0.1, -0.05) is 0 Å². The van der Waals surface area contributed by atoms with Crippen LogP contribution in [0.2, 0.25) is 0 Å². The summed E-state index contributed by atoms with van der Waals surface area (Å²) in [6.45, 7) is 10.0. The van der Waals surface area contributed by atoms with Crippen molar-refractivity contribution in [3.05, 3.63) is 18.1 Å². The van der Waals surface area contributed by atoms with Crippen LogP contribution in [0.3, 0.4) is 0 Å². The molecule has 1 aromatic rings. The maximum absolute atomic E-state index is 12.3. The molecule has 0 radical (unpaired) electrons. The predicted octanol–water partition coefficient (Wildman–Crippen LogP) is 3.02. The summed E-state index contributed by atoms with van der Waals surface area (Å²) in [5, 5.41) is 8.74. The molecule has 2 amide bonds. The molecule has 0 atom stereocenters. The van der Waals surface area contributed by atoms with Crippen LogP contribution in [0.1, 0.15) is 47.2 Å². The monoisotopic (exact) mass is 320 g/mol. The lowest BCUT2D eigenvalue weighted by Gasteiger charge is -2.27. The lowest BCUT2D eigenvalue weighted by molar-refractivity contribution is 0.0429. The first-order valence-corrected chi connectivity index (χ1v) is 6.91. The summed E-state index contributed by atoms with van der Waals surface area (Å²) in [5.41, 5.74) is -1.56. The van der Waals surface area contributed by atoms with E-state index >= 15 is 0 Å². The highest BCUT2D eigenvalue weighted by Gasteiger charge is 2.33. The summed E-state index contributed by atoms with van der Waals surface area (Å²) in [5.74, 6) is -0.0903. The molecule has 8 nitrogen and oxygen atoms in total. The van der Waals surface area contributed by atoms with E-state index in [0.29, 0.717) is 4.90 Å². The molecule has 0 aliphatic carbocycles. The fourth-order valence-corrected chi connectivity index (χ4v) is 1.37. The van der Waals surface area contributed by atoms with Crippen molar-refractivity contribution in [2.45, 2.75) is 52.7 Å². The Hall–Kier alpha value is -2.69.